The van der Waals surface area contributed by atoms with Crippen LogP contribution in [-0.2, 0) is 26.3 Å². The average molecular weight is 512 g/mol. The molecule has 196 valence electrons. The molecule has 4 aromatic rings. The number of para-hydroxylation sites is 1. The topological polar surface area (TPSA) is 63.0 Å². The lowest BCUT2D eigenvalue weighted by Crippen LogP contribution is -2.29. The maximum atomic E-state index is 13.5. The van der Waals surface area contributed by atoms with Crippen molar-refractivity contribution in [3.05, 3.63) is 70.8 Å². The third-order valence-electron chi connectivity index (χ3n) is 6.22. The number of anilines is 2. The van der Waals surface area contributed by atoms with E-state index in [4.69, 9.17) is 4.98 Å². The van der Waals surface area contributed by atoms with Crippen molar-refractivity contribution < 1.29 is 13.2 Å². The van der Waals surface area contributed by atoms with Gasteiger partial charge in [-0.1, -0.05) is 48.3 Å². The van der Waals surface area contributed by atoms with E-state index in [0.29, 0.717) is 23.6 Å². The second-order valence-corrected chi connectivity index (χ2v) is 9.24. The fourth-order valence-electron chi connectivity index (χ4n) is 4.44. The van der Waals surface area contributed by atoms with E-state index in [2.05, 4.69) is 40.2 Å². The standard InChI is InChI=1S/C27H32F3N7/c1-5-7-12-36(6-2)25-22(16-21-10-8-9-11-24(21)31-25)18-37(26-32-34-35(4)33-26)17-20-13-19(3)14-23(15-20)27(28,29)30/h8-11,13-16H,5-7,12,17-18H2,1-4H3. The van der Waals surface area contributed by atoms with Crippen LogP contribution in [0.5, 0.6) is 0 Å². The van der Waals surface area contributed by atoms with Gasteiger partial charge in [0.2, 0.25) is 0 Å². The largest absolute Gasteiger partial charge is 0.416 e. The summed E-state index contributed by atoms with van der Waals surface area (Å²) in [6, 6.07) is 14.2. The zero-order valence-electron chi connectivity index (χ0n) is 21.6. The van der Waals surface area contributed by atoms with Gasteiger partial charge in [0, 0.05) is 37.1 Å². The number of unbranched alkanes of at least 4 members (excludes halogenated alkanes) is 1. The number of pyridine rings is 1. The zero-order chi connectivity index (χ0) is 26.6. The summed E-state index contributed by atoms with van der Waals surface area (Å²) < 4.78 is 40.6. The summed E-state index contributed by atoms with van der Waals surface area (Å²) in [6.07, 6.45) is -2.34. The van der Waals surface area contributed by atoms with Crippen LogP contribution in [-0.4, -0.2) is 38.3 Å². The lowest BCUT2D eigenvalue weighted by atomic mass is 10.1. The van der Waals surface area contributed by atoms with Gasteiger partial charge in [0.05, 0.1) is 18.1 Å². The van der Waals surface area contributed by atoms with Gasteiger partial charge in [0.15, 0.2) is 0 Å². The average Bonchev–Trinajstić information content (AvgIpc) is 3.29. The second kappa shape index (κ2) is 11.1. The minimum atomic E-state index is -4.42. The van der Waals surface area contributed by atoms with Gasteiger partial charge in [-0.05, 0) is 55.3 Å². The monoisotopic (exact) mass is 511 g/mol. The molecular weight excluding hydrogens is 479 g/mol. The van der Waals surface area contributed by atoms with Crippen molar-refractivity contribution in [2.45, 2.75) is 52.9 Å². The second-order valence-electron chi connectivity index (χ2n) is 9.24. The Morgan fingerprint density at radius 1 is 0.973 bits per heavy atom. The first kappa shape index (κ1) is 26.4. The quantitative estimate of drug-likeness (QED) is 0.263. The van der Waals surface area contributed by atoms with Crippen molar-refractivity contribution in [2.24, 2.45) is 7.05 Å². The first-order chi connectivity index (χ1) is 17.7. The van der Waals surface area contributed by atoms with Gasteiger partial charge in [0.1, 0.15) is 5.82 Å². The summed E-state index contributed by atoms with van der Waals surface area (Å²) in [5, 5.41) is 13.5. The molecule has 0 radical (unpaired) electrons. The maximum absolute atomic E-state index is 13.5. The van der Waals surface area contributed by atoms with Crippen molar-refractivity contribution in [2.75, 3.05) is 22.9 Å². The molecule has 0 saturated carbocycles. The number of halogens is 3. The fraction of sp³-hybridized carbons (Fsp3) is 0.407. The first-order valence-corrected chi connectivity index (χ1v) is 12.5. The number of aromatic nitrogens is 5. The van der Waals surface area contributed by atoms with Crippen molar-refractivity contribution >= 4 is 22.7 Å². The predicted molar refractivity (Wildman–Crippen MR) is 139 cm³/mol. The third-order valence-corrected chi connectivity index (χ3v) is 6.22. The van der Waals surface area contributed by atoms with Gasteiger partial charge in [-0.3, -0.25) is 0 Å². The van der Waals surface area contributed by atoms with E-state index in [1.54, 1.807) is 20.0 Å². The van der Waals surface area contributed by atoms with E-state index in [0.717, 1.165) is 54.3 Å². The molecule has 0 N–H and O–H groups in total. The highest BCUT2D eigenvalue weighted by Gasteiger charge is 2.31. The Hall–Kier alpha value is -3.69. The van der Waals surface area contributed by atoms with Crippen LogP contribution < -0.4 is 9.80 Å². The van der Waals surface area contributed by atoms with Gasteiger partial charge in [-0.25, -0.2) is 4.98 Å². The molecule has 0 bridgehead atoms. The fourth-order valence-corrected chi connectivity index (χ4v) is 4.44. The van der Waals surface area contributed by atoms with E-state index in [1.165, 1.54) is 10.9 Å². The highest BCUT2D eigenvalue weighted by Crippen LogP contribution is 2.32. The molecule has 7 nitrogen and oxygen atoms in total. The Morgan fingerprint density at radius 2 is 1.76 bits per heavy atom. The first-order valence-electron chi connectivity index (χ1n) is 12.5. The molecule has 0 aliphatic rings. The van der Waals surface area contributed by atoms with Crippen LogP contribution in [0, 0.1) is 6.92 Å². The Bertz CT molecular complexity index is 1350. The number of rotatable bonds is 10. The molecule has 0 aliphatic heterocycles. The Morgan fingerprint density at radius 3 is 2.43 bits per heavy atom. The normalized spacial score (nSPS) is 11.8. The van der Waals surface area contributed by atoms with Gasteiger partial charge in [-0.15, -0.1) is 5.10 Å². The summed E-state index contributed by atoms with van der Waals surface area (Å²) in [5.41, 5.74) is 2.25. The summed E-state index contributed by atoms with van der Waals surface area (Å²) in [4.78, 5) is 10.5. The number of benzene rings is 2. The summed E-state index contributed by atoms with van der Waals surface area (Å²) in [6.45, 7) is 8.11. The van der Waals surface area contributed by atoms with Crippen LogP contribution in [0.4, 0.5) is 24.9 Å². The predicted octanol–water partition coefficient (Wildman–Crippen LogP) is 5.92. The van der Waals surface area contributed by atoms with Crippen LogP contribution in [0.25, 0.3) is 10.9 Å². The third kappa shape index (κ3) is 6.36. The number of tetrazole rings is 1. The van der Waals surface area contributed by atoms with Crippen molar-refractivity contribution in [3.63, 3.8) is 0 Å². The van der Waals surface area contributed by atoms with E-state index in [1.807, 2.05) is 29.2 Å². The number of nitrogens with zero attached hydrogens (tertiary/aromatic N) is 7. The molecule has 0 spiro atoms. The number of fused-ring (bicyclic) bond motifs is 1. The summed E-state index contributed by atoms with van der Waals surface area (Å²) in [5.74, 6) is 1.21. The number of hydrogen-bond donors (Lipinski definition) is 0. The molecule has 37 heavy (non-hydrogen) atoms. The van der Waals surface area contributed by atoms with Crippen LogP contribution in [0.1, 0.15) is 48.9 Å². The highest BCUT2D eigenvalue weighted by atomic mass is 19.4. The molecule has 0 atom stereocenters. The molecule has 10 heteroatoms. The minimum Gasteiger partial charge on any atom is -0.357 e. The van der Waals surface area contributed by atoms with Crippen LogP contribution >= 0.6 is 0 Å². The molecule has 2 heterocycles. The summed E-state index contributed by atoms with van der Waals surface area (Å²) >= 11 is 0. The van der Waals surface area contributed by atoms with Gasteiger partial charge in [0.25, 0.3) is 5.95 Å². The lowest BCUT2D eigenvalue weighted by Gasteiger charge is -2.28. The molecule has 0 saturated heterocycles. The van der Waals surface area contributed by atoms with Crippen LogP contribution in [0.2, 0.25) is 0 Å². The SMILES string of the molecule is CCCCN(CC)c1nc2ccccc2cc1CN(Cc1cc(C)cc(C(F)(F)F)c1)c1nnn(C)n1. The highest BCUT2D eigenvalue weighted by molar-refractivity contribution is 5.82. The smallest absolute Gasteiger partial charge is 0.357 e. The molecule has 2 aromatic heterocycles. The Kier molecular flexibility index (Phi) is 7.94. The van der Waals surface area contributed by atoms with E-state index in [9.17, 15) is 13.2 Å². The van der Waals surface area contributed by atoms with Crippen molar-refractivity contribution in [1.82, 2.24) is 25.2 Å². The van der Waals surface area contributed by atoms with Crippen molar-refractivity contribution in [1.29, 1.82) is 0 Å². The molecule has 2 aromatic carbocycles. The van der Waals surface area contributed by atoms with E-state index >= 15 is 0 Å². The number of hydrogen-bond acceptors (Lipinski definition) is 6. The Labute approximate surface area is 214 Å². The minimum absolute atomic E-state index is 0.184. The molecular formula is C27H32F3N7. The molecule has 0 amide bonds. The van der Waals surface area contributed by atoms with Crippen LogP contribution in [0.3, 0.4) is 0 Å². The van der Waals surface area contributed by atoms with Gasteiger partial charge in [-0.2, -0.15) is 18.0 Å². The van der Waals surface area contributed by atoms with Gasteiger partial charge < -0.3 is 9.80 Å². The van der Waals surface area contributed by atoms with E-state index in [-0.39, 0.29) is 6.54 Å². The zero-order valence-corrected chi connectivity index (χ0v) is 21.6. The molecule has 0 aliphatic carbocycles. The number of aryl methyl sites for hydroxylation is 2. The summed E-state index contributed by atoms with van der Waals surface area (Å²) in [7, 11) is 1.66. The van der Waals surface area contributed by atoms with E-state index < -0.39 is 11.7 Å². The maximum Gasteiger partial charge on any atom is 0.416 e. The van der Waals surface area contributed by atoms with Crippen molar-refractivity contribution in [3.8, 4) is 0 Å². The number of alkyl halides is 3. The van der Waals surface area contributed by atoms with Gasteiger partial charge >= 0.3 is 6.18 Å². The lowest BCUT2D eigenvalue weighted by molar-refractivity contribution is -0.137. The molecule has 0 fully saturated rings. The molecule has 4 rings (SSSR count). The molecule has 0 unspecified atom stereocenters. The Balaban J connectivity index is 1.77. The van der Waals surface area contributed by atoms with Crippen LogP contribution in [0.15, 0.2) is 48.5 Å².